The Bertz CT molecular complexity index is 657. The number of nitrogens with zero attached hydrogens (tertiary/aromatic N) is 1. The fraction of sp³-hybridized carbons (Fsp3) is 0.176. The van der Waals surface area contributed by atoms with Crippen LogP contribution in [0.4, 0.5) is 0 Å². The van der Waals surface area contributed by atoms with Gasteiger partial charge in [0.1, 0.15) is 5.75 Å². The first-order chi connectivity index (χ1) is 11.1. The highest BCUT2D eigenvalue weighted by Gasteiger charge is 2.05. The minimum atomic E-state index is -0.435. The van der Waals surface area contributed by atoms with Gasteiger partial charge in [-0.25, -0.2) is 4.79 Å². The van der Waals surface area contributed by atoms with Crippen LogP contribution in [0.25, 0.3) is 0 Å². The Morgan fingerprint density at radius 1 is 1.09 bits per heavy atom. The third-order valence-electron chi connectivity index (χ3n) is 2.92. The number of hydrogen-bond donors (Lipinski definition) is 1. The Labute approximate surface area is 148 Å². The third-order valence-corrected chi connectivity index (χ3v) is 3.64. The van der Waals surface area contributed by atoms with Crippen LogP contribution in [0.2, 0.25) is 0 Å². The average molecular weight is 424 g/mol. The molecule has 0 saturated heterocycles. The molecule has 120 valence electrons. The molecule has 0 aliphatic rings. The normalized spacial score (nSPS) is 11.1. The van der Waals surface area contributed by atoms with E-state index < -0.39 is 5.97 Å². The van der Waals surface area contributed by atoms with Crippen molar-refractivity contribution in [3.8, 4) is 5.75 Å². The van der Waals surface area contributed by atoms with Gasteiger partial charge in [0.2, 0.25) is 0 Å². The molecule has 0 saturated carbocycles. The van der Waals surface area contributed by atoms with Crippen LogP contribution in [0.3, 0.4) is 0 Å². The second-order valence-electron chi connectivity index (χ2n) is 4.71. The van der Waals surface area contributed by atoms with Crippen LogP contribution in [0, 0.1) is 3.57 Å². The summed E-state index contributed by atoms with van der Waals surface area (Å²) in [6.45, 7) is 0.440. The number of amidine groups is 1. The minimum absolute atomic E-state index is 0.176. The number of para-hydroxylation sites is 1. The predicted octanol–water partition coefficient (Wildman–Crippen LogP) is 3.31. The topological polar surface area (TPSA) is 73.9 Å². The molecular formula is C17H17IN2O3. The molecule has 0 bridgehead atoms. The summed E-state index contributed by atoms with van der Waals surface area (Å²) in [6, 6.07) is 16.9. The van der Waals surface area contributed by atoms with Gasteiger partial charge >= 0.3 is 5.97 Å². The third kappa shape index (κ3) is 6.27. The van der Waals surface area contributed by atoms with Crippen molar-refractivity contribution in [1.29, 1.82) is 0 Å². The molecule has 0 atom stereocenters. The zero-order valence-electron chi connectivity index (χ0n) is 12.4. The van der Waals surface area contributed by atoms with E-state index in [4.69, 9.17) is 15.3 Å². The van der Waals surface area contributed by atoms with Gasteiger partial charge in [0.25, 0.3) is 0 Å². The first-order valence-electron chi connectivity index (χ1n) is 7.12. The molecular weight excluding hydrogens is 407 g/mol. The minimum Gasteiger partial charge on any atom is -0.494 e. The van der Waals surface area contributed by atoms with E-state index in [1.54, 1.807) is 0 Å². The number of halogens is 1. The second kappa shape index (κ2) is 9.14. The van der Waals surface area contributed by atoms with Crippen molar-refractivity contribution < 1.29 is 14.4 Å². The summed E-state index contributed by atoms with van der Waals surface area (Å²) >= 11 is 2.20. The Balaban J connectivity index is 1.70. The fourth-order valence-electron chi connectivity index (χ4n) is 1.74. The molecule has 0 aromatic heterocycles. The van der Waals surface area contributed by atoms with E-state index in [0.29, 0.717) is 18.6 Å². The molecule has 2 aromatic carbocycles. The van der Waals surface area contributed by atoms with Crippen molar-refractivity contribution in [3.05, 3.63) is 63.7 Å². The van der Waals surface area contributed by atoms with E-state index in [1.165, 1.54) is 0 Å². The largest absolute Gasteiger partial charge is 0.494 e. The summed E-state index contributed by atoms with van der Waals surface area (Å²) in [4.78, 5) is 16.4. The van der Waals surface area contributed by atoms with Crippen LogP contribution >= 0.6 is 22.6 Å². The number of ether oxygens (including phenoxy) is 1. The van der Waals surface area contributed by atoms with Crippen molar-refractivity contribution >= 4 is 34.4 Å². The number of nitrogens with two attached hydrogens (primary N) is 1. The first-order valence-corrected chi connectivity index (χ1v) is 8.20. The zero-order valence-corrected chi connectivity index (χ0v) is 14.6. The molecule has 0 unspecified atom stereocenters. The van der Waals surface area contributed by atoms with Crippen molar-refractivity contribution in [2.24, 2.45) is 10.9 Å². The standard InChI is InChI=1S/C17H17IN2O3/c18-14-10-8-13(9-11-14)17(19)20-23-16(21)7-4-12-22-15-5-2-1-3-6-15/h1-3,5-6,8-11H,4,7,12H2,(H2,19,20). The SMILES string of the molecule is N/C(=N\OC(=O)CCCOc1ccccc1)c1ccc(I)cc1. The lowest BCUT2D eigenvalue weighted by Crippen LogP contribution is -2.15. The highest BCUT2D eigenvalue weighted by molar-refractivity contribution is 14.1. The van der Waals surface area contributed by atoms with E-state index in [9.17, 15) is 4.79 Å². The molecule has 23 heavy (non-hydrogen) atoms. The molecule has 0 amide bonds. The van der Waals surface area contributed by atoms with Crippen LogP contribution in [0.1, 0.15) is 18.4 Å². The lowest BCUT2D eigenvalue weighted by Gasteiger charge is -2.05. The summed E-state index contributed by atoms with van der Waals surface area (Å²) in [5, 5.41) is 3.66. The van der Waals surface area contributed by atoms with Crippen LogP contribution in [-0.4, -0.2) is 18.4 Å². The van der Waals surface area contributed by atoms with E-state index in [1.807, 2.05) is 54.6 Å². The number of carbonyl (C=O) groups is 1. The number of oxime groups is 1. The summed E-state index contributed by atoms with van der Waals surface area (Å²) in [7, 11) is 0. The Hall–Kier alpha value is -2.09. The average Bonchev–Trinajstić information content (AvgIpc) is 2.58. The molecule has 2 N–H and O–H groups in total. The van der Waals surface area contributed by atoms with Gasteiger partial charge in [0.05, 0.1) is 13.0 Å². The summed E-state index contributed by atoms with van der Waals surface area (Å²) in [5.74, 6) is 0.521. The highest BCUT2D eigenvalue weighted by Crippen LogP contribution is 2.09. The Kier molecular flexibility index (Phi) is 6.86. The van der Waals surface area contributed by atoms with E-state index in [0.717, 1.165) is 9.32 Å². The maximum absolute atomic E-state index is 11.6. The van der Waals surface area contributed by atoms with Crippen molar-refractivity contribution in [2.45, 2.75) is 12.8 Å². The van der Waals surface area contributed by atoms with Gasteiger partial charge in [0, 0.05) is 9.13 Å². The molecule has 0 spiro atoms. The van der Waals surface area contributed by atoms with Gasteiger partial charge in [-0.05, 0) is 53.3 Å². The van der Waals surface area contributed by atoms with Gasteiger partial charge < -0.3 is 15.3 Å². The molecule has 6 heteroatoms. The van der Waals surface area contributed by atoms with Crippen molar-refractivity contribution in [1.82, 2.24) is 0 Å². The maximum Gasteiger partial charge on any atom is 0.335 e. The molecule has 5 nitrogen and oxygen atoms in total. The lowest BCUT2D eigenvalue weighted by atomic mass is 10.2. The van der Waals surface area contributed by atoms with E-state index in [-0.39, 0.29) is 12.3 Å². The first kappa shape index (κ1) is 17.3. The van der Waals surface area contributed by atoms with Gasteiger partial charge in [-0.15, -0.1) is 0 Å². The number of hydrogen-bond acceptors (Lipinski definition) is 4. The van der Waals surface area contributed by atoms with Gasteiger partial charge in [-0.3, -0.25) is 0 Å². The molecule has 0 aliphatic carbocycles. The lowest BCUT2D eigenvalue weighted by molar-refractivity contribution is -0.143. The van der Waals surface area contributed by atoms with Crippen LogP contribution in [0.15, 0.2) is 59.8 Å². The number of carbonyl (C=O) groups excluding carboxylic acids is 1. The van der Waals surface area contributed by atoms with Gasteiger partial charge in [-0.2, -0.15) is 0 Å². The van der Waals surface area contributed by atoms with Crippen LogP contribution < -0.4 is 10.5 Å². The number of benzene rings is 2. The van der Waals surface area contributed by atoms with E-state index >= 15 is 0 Å². The van der Waals surface area contributed by atoms with Crippen LogP contribution in [-0.2, 0) is 9.63 Å². The summed E-state index contributed by atoms with van der Waals surface area (Å²) < 4.78 is 6.59. The summed E-state index contributed by atoms with van der Waals surface area (Å²) in [5.41, 5.74) is 6.48. The van der Waals surface area contributed by atoms with Crippen LogP contribution in [0.5, 0.6) is 5.75 Å². The molecule has 2 aromatic rings. The molecule has 2 rings (SSSR count). The van der Waals surface area contributed by atoms with Gasteiger partial charge in [-0.1, -0.05) is 35.5 Å². The van der Waals surface area contributed by atoms with Gasteiger partial charge in [0.15, 0.2) is 5.84 Å². The quantitative estimate of drug-likeness (QED) is 0.185. The Morgan fingerprint density at radius 2 is 1.78 bits per heavy atom. The molecule has 0 heterocycles. The fourth-order valence-corrected chi connectivity index (χ4v) is 2.10. The predicted molar refractivity (Wildman–Crippen MR) is 97.1 cm³/mol. The molecule has 0 radical (unpaired) electrons. The second-order valence-corrected chi connectivity index (χ2v) is 5.96. The summed E-state index contributed by atoms with van der Waals surface area (Å²) in [6.07, 6.45) is 0.767. The Morgan fingerprint density at radius 3 is 2.48 bits per heavy atom. The van der Waals surface area contributed by atoms with Crippen molar-refractivity contribution in [2.75, 3.05) is 6.61 Å². The number of rotatable bonds is 7. The van der Waals surface area contributed by atoms with Crippen molar-refractivity contribution in [3.63, 3.8) is 0 Å². The molecule has 0 fully saturated rings. The zero-order chi connectivity index (χ0) is 16.5. The smallest absolute Gasteiger partial charge is 0.335 e. The highest BCUT2D eigenvalue weighted by atomic mass is 127. The monoisotopic (exact) mass is 424 g/mol. The maximum atomic E-state index is 11.6. The van der Waals surface area contributed by atoms with E-state index in [2.05, 4.69) is 27.7 Å². The molecule has 0 aliphatic heterocycles.